The minimum atomic E-state index is -1.04. The number of aliphatic carboxylic acids is 1. The molecule has 15 heavy (non-hydrogen) atoms. The van der Waals surface area contributed by atoms with E-state index in [-0.39, 0.29) is 5.92 Å². The molecular formula is C10H19NO4. The largest absolute Gasteiger partial charge is 0.480 e. The van der Waals surface area contributed by atoms with Gasteiger partial charge in [-0.15, -0.1) is 0 Å². The second kappa shape index (κ2) is 7.09. The highest BCUT2D eigenvalue weighted by molar-refractivity contribution is 5.80. The average molecular weight is 217 g/mol. The van der Waals surface area contributed by atoms with Gasteiger partial charge in [0.25, 0.3) is 0 Å². The zero-order valence-electron chi connectivity index (χ0n) is 9.45. The Morgan fingerprint density at radius 3 is 2.40 bits per heavy atom. The number of carbonyl (C=O) groups excluding carboxylic acids is 1. The normalized spacial score (nSPS) is 12.3. The number of carboxylic acid groups (broad SMARTS) is 1. The molecule has 1 unspecified atom stereocenters. The van der Waals surface area contributed by atoms with Crippen LogP contribution in [0.5, 0.6) is 0 Å². The fourth-order valence-corrected chi connectivity index (χ4v) is 0.991. The van der Waals surface area contributed by atoms with Crippen LogP contribution in [-0.2, 0) is 9.53 Å². The van der Waals surface area contributed by atoms with E-state index in [1.165, 1.54) is 0 Å². The maximum Gasteiger partial charge on any atom is 0.407 e. The molecule has 0 aromatic carbocycles. The maximum atomic E-state index is 11.1. The molecule has 0 aromatic rings. The van der Waals surface area contributed by atoms with Crippen LogP contribution in [0.2, 0.25) is 0 Å². The summed E-state index contributed by atoms with van der Waals surface area (Å²) in [6.07, 6.45) is 1.05. The summed E-state index contributed by atoms with van der Waals surface area (Å²) in [6, 6.07) is -0.890. The van der Waals surface area contributed by atoms with Crippen LogP contribution in [0.15, 0.2) is 0 Å². The van der Waals surface area contributed by atoms with E-state index in [1.54, 1.807) is 13.8 Å². The molecule has 0 saturated carbocycles. The fraction of sp³-hybridized carbons (Fsp3) is 0.800. The zero-order valence-corrected chi connectivity index (χ0v) is 9.45. The molecule has 0 aromatic heterocycles. The molecule has 1 atom stereocenters. The molecular weight excluding hydrogens is 198 g/mol. The Bertz CT molecular complexity index is 215. The number of ether oxygens (including phenoxy) is 1. The van der Waals surface area contributed by atoms with E-state index in [0.717, 1.165) is 12.8 Å². The molecule has 0 aliphatic heterocycles. The smallest absolute Gasteiger partial charge is 0.407 e. The van der Waals surface area contributed by atoms with Crippen molar-refractivity contribution in [2.24, 2.45) is 5.92 Å². The summed E-state index contributed by atoms with van der Waals surface area (Å²) in [7, 11) is 0. The Balaban J connectivity index is 3.95. The van der Waals surface area contributed by atoms with Gasteiger partial charge < -0.3 is 15.2 Å². The van der Waals surface area contributed by atoms with Gasteiger partial charge in [-0.05, 0) is 12.3 Å². The fourth-order valence-electron chi connectivity index (χ4n) is 0.991. The first-order chi connectivity index (χ1) is 6.99. The second-order valence-corrected chi connectivity index (χ2v) is 3.69. The molecule has 0 bridgehead atoms. The van der Waals surface area contributed by atoms with E-state index in [4.69, 9.17) is 9.84 Å². The molecule has 0 radical (unpaired) electrons. The Labute approximate surface area is 89.8 Å². The van der Waals surface area contributed by atoms with Crippen molar-refractivity contribution in [1.29, 1.82) is 0 Å². The summed E-state index contributed by atoms with van der Waals surface area (Å²) >= 11 is 0. The van der Waals surface area contributed by atoms with E-state index in [1.807, 2.05) is 6.92 Å². The van der Waals surface area contributed by atoms with Gasteiger partial charge in [0, 0.05) is 0 Å². The Hall–Kier alpha value is -1.26. The van der Waals surface area contributed by atoms with Gasteiger partial charge in [0.1, 0.15) is 6.04 Å². The molecule has 0 spiro atoms. The lowest BCUT2D eigenvalue weighted by Gasteiger charge is -2.17. The van der Waals surface area contributed by atoms with Crippen LogP contribution >= 0.6 is 0 Å². The second-order valence-electron chi connectivity index (χ2n) is 3.69. The highest BCUT2D eigenvalue weighted by Crippen LogP contribution is 2.02. The van der Waals surface area contributed by atoms with Crippen molar-refractivity contribution in [1.82, 2.24) is 5.32 Å². The third-order valence-corrected chi connectivity index (χ3v) is 1.94. The molecule has 1 amide bonds. The molecule has 2 N–H and O–H groups in total. The number of carboxylic acids is 1. The van der Waals surface area contributed by atoms with Crippen molar-refractivity contribution in [3.05, 3.63) is 0 Å². The predicted molar refractivity (Wildman–Crippen MR) is 55.7 cm³/mol. The number of unbranched alkanes of at least 4 members (excludes halogenated alkanes) is 1. The Morgan fingerprint density at radius 1 is 1.40 bits per heavy atom. The number of hydrogen-bond donors (Lipinski definition) is 2. The third kappa shape index (κ3) is 5.93. The lowest BCUT2D eigenvalue weighted by molar-refractivity contribution is -0.140. The third-order valence-electron chi connectivity index (χ3n) is 1.94. The summed E-state index contributed by atoms with van der Waals surface area (Å²) in [5.41, 5.74) is 0. The van der Waals surface area contributed by atoms with Crippen molar-refractivity contribution in [3.63, 3.8) is 0 Å². The van der Waals surface area contributed by atoms with E-state index < -0.39 is 18.1 Å². The van der Waals surface area contributed by atoms with Gasteiger partial charge in [0.15, 0.2) is 0 Å². The quantitative estimate of drug-likeness (QED) is 0.663. The van der Waals surface area contributed by atoms with Gasteiger partial charge in [-0.25, -0.2) is 9.59 Å². The predicted octanol–water partition coefficient (Wildman–Crippen LogP) is 1.62. The number of amides is 1. The van der Waals surface area contributed by atoms with Crippen LogP contribution in [0.3, 0.4) is 0 Å². The molecule has 0 aliphatic rings. The lowest BCUT2D eigenvalue weighted by atomic mass is 10.1. The van der Waals surface area contributed by atoms with Crippen molar-refractivity contribution >= 4 is 12.1 Å². The van der Waals surface area contributed by atoms with Crippen molar-refractivity contribution in [3.8, 4) is 0 Å². The molecule has 0 fully saturated rings. The highest BCUT2D eigenvalue weighted by atomic mass is 16.5. The van der Waals surface area contributed by atoms with Crippen LogP contribution in [-0.4, -0.2) is 29.8 Å². The first kappa shape index (κ1) is 13.7. The number of alkyl carbamates (subject to hydrolysis) is 1. The number of rotatable bonds is 6. The van der Waals surface area contributed by atoms with Gasteiger partial charge in [-0.3, -0.25) is 0 Å². The zero-order chi connectivity index (χ0) is 11.8. The van der Waals surface area contributed by atoms with Crippen LogP contribution in [0, 0.1) is 5.92 Å². The van der Waals surface area contributed by atoms with Crippen LogP contribution < -0.4 is 5.32 Å². The minimum Gasteiger partial charge on any atom is -0.480 e. The van der Waals surface area contributed by atoms with E-state index in [9.17, 15) is 9.59 Å². The molecule has 0 saturated heterocycles. The number of carbonyl (C=O) groups is 2. The SMILES string of the molecule is CCCCOC(=O)NC(C(=O)O)C(C)C. The lowest BCUT2D eigenvalue weighted by Crippen LogP contribution is -2.44. The summed E-state index contributed by atoms with van der Waals surface area (Å²) in [5, 5.41) is 11.1. The Kier molecular flexibility index (Phi) is 6.49. The highest BCUT2D eigenvalue weighted by Gasteiger charge is 2.23. The van der Waals surface area contributed by atoms with Gasteiger partial charge in [0.2, 0.25) is 0 Å². The maximum absolute atomic E-state index is 11.1. The molecule has 5 nitrogen and oxygen atoms in total. The number of nitrogens with one attached hydrogen (secondary N) is 1. The van der Waals surface area contributed by atoms with Crippen LogP contribution in [0.1, 0.15) is 33.6 Å². The summed E-state index contributed by atoms with van der Waals surface area (Å²) in [5.74, 6) is -1.21. The van der Waals surface area contributed by atoms with Gasteiger partial charge in [-0.1, -0.05) is 27.2 Å². The first-order valence-corrected chi connectivity index (χ1v) is 5.15. The molecule has 5 heteroatoms. The van der Waals surface area contributed by atoms with E-state index in [2.05, 4.69) is 5.32 Å². The minimum absolute atomic E-state index is 0.166. The Morgan fingerprint density at radius 2 is 2.00 bits per heavy atom. The topological polar surface area (TPSA) is 75.6 Å². The summed E-state index contributed by atoms with van der Waals surface area (Å²) < 4.78 is 4.80. The average Bonchev–Trinajstić information content (AvgIpc) is 2.13. The monoisotopic (exact) mass is 217 g/mol. The van der Waals surface area contributed by atoms with Crippen molar-refractivity contribution in [2.45, 2.75) is 39.7 Å². The standard InChI is InChI=1S/C10H19NO4/c1-4-5-6-15-10(14)11-8(7(2)3)9(12)13/h7-8H,4-6H2,1-3H3,(H,11,14)(H,12,13). The van der Waals surface area contributed by atoms with Crippen LogP contribution in [0.4, 0.5) is 4.79 Å². The van der Waals surface area contributed by atoms with Crippen molar-refractivity contribution < 1.29 is 19.4 Å². The van der Waals surface area contributed by atoms with Crippen molar-refractivity contribution in [2.75, 3.05) is 6.61 Å². The molecule has 0 rings (SSSR count). The summed E-state index contributed by atoms with van der Waals surface area (Å²) in [6.45, 7) is 5.76. The molecule has 88 valence electrons. The van der Waals surface area contributed by atoms with E-state index >= 15 is 0 Å². The van der Waals surface area contributed by atoms with Gasteiger partial charge in [-0.2, -0.15) is 0 Å². The van der Waals surface area contributed by atoms with E-state index in [0.29, 0.717) is 6.61 Å². The molecule has 0 heterocycles. The van der Waals surface area contributed by atoms with Gasteiger partial charge >= 0.3 is 12.1 Å². The van der Waals surface area contributed by atoms with Crippen LogP contribution in [0.25, 0.3) is 0 Å². The van der Waals surface area contributed by atoms with Gasteiger partial charge in [0.05, 0.1) is 6.61 Å². The first-order valence-electron chi connectivity index (χ1n) is 5.15. The number of hydrogen-bond acceptors (Lipinski definition) is 3. The molecule has 0 aliphatic carbocycles. The summed E-state index contributed by atoms with van der Waals surface area (Å²) in [4.78, 5) is 21.9.